The Morgan fingerprint density at radius 3 is 2.85 bits per heavy atom. The van der Waals surface area contributed by atoms with E-state index in [1.54, 1.807) is 6.07 Å². The van der Waals surface area contributed by atoms with Crippen LogP contribution >= 0.6 is 23.4 Å². The van der Waals surface area contributed by atoms with Crippen molar-refractivity contribution in [1.82, 2.24) is 9.97 Å². The third kappa shape index (κ3) is 3.44. The summed E-state index contributed by atoms with van der Waals surface area (Å²) in [6.45, 7) is 0.937. The van der Waals surface area contributed by atoms with Crippen LogP contribution in [-0.2, 0) is 0 Å². The van der Waals surface area contributed by atoms with Gasteiger partial charge in [-0.15, -0.1) is 0 Å². The molecule has 2 heterocycles. The number of aromatic nitrogens is 2. The van der Waals surface area contributed by atoms with Crippen molar-refractivity contribution in [3.8, 4) is 11.4 Å². The number of nitrogens with one attached hydrogen (secondary N) is 1. The third-order valence-electron chi connectivity index (χ3n) is 3.26. The highest BCUT2D eigenvalue weighted by molar-refractivity contribution is 8.00. The van der Waals surface area contributed by atoms with E-state index >= 15 is 0 Å². The molecule has 1 aromatic heterocycles. The zero-order valence-corrected chi connectivity index (χ0v) is 12.6. The van der Waals surface area contributed by atoms with Gasteiger partial charge in [0.15, 0.2) is 5.82 Å². The monoisotopic (exact) mass is 305 g/mol. The fraction of sp³-hybridized carbons (Fsp3) is 0.333. The molecule has 20 heavy (non-hydrogen) atoms. The van der Waals surface area contributed by atoms with Gasteiger partial charge in [0.1, 0.15) is 11.0 Å². The molecule has 3 rings (SSSR count). The van der Waals surface area contributed by atoms with Crippen molar-refractivity contribution in [3.05, 3.63) is 41.6 Å². The molecule has 104 valence electrons. The van der Waals surface area contributed by atoms with Gasteiger partial charge in [-0.2, -0.15) is 11.8 Å². The summed E-state index contributed by atoms with van der Waals surface area (Å²) in [5.41, 5.74) is 0.980. The second kappa shape index (κ2) is 6.46. The summed E-state index contributed by atoms with van der Waals surface area (Å²) in [7, 11) is 0. The molecule has 1 N–H and O–H groups in total. The zero-order valence-electron chi connectivity index (χ0n) is 11.1. The summed E-state index contributed by atoms with van der Waals surface area (Å²) in [6, 6.07) is 11.7. The first-order chi connectivity index (χ1) is 9.81. The van der Waals surface area contributed by atoms with Crippen LogP contribution in [-0.4, -0.2) is 27.5 Å². The molecule has 2 aromatic rings. The van der Waals surface area contributed by atoms with Crippen molar-refractivity contribution in [2.45, 2.75) is 18.1 Å². The summed E-state index contributed by atoms with van der Waals surface area (Å²) in [4.78, 5) is 8.84. The average molecular weight is 306 g/mol. The van der Waals surface area contributed by atoms with E-state index in [1.807, 2.05) is 42.1 Å². The molecule has 1 fully saturated rings. The SMILES string of the molecule is Clc1cc(NCC2CCCS2)nc(-c2ccccc2)n1. The molecule has 0 aliphatic carbocycles. The minimum absolute atomic E-state index is 0.473. The second-order valence-electron chi connectivity index (χ2n) is 4.78. The van der Waals surface area contributed by atoms with Crippen LogP contribution in [0.5, 0.6) is 0 Å². The number of hydrogen-bond acceptors (Lipinski definition) is 4. The van der Waals surface area contributed by atoms with Gasteiger partial charge < -0.3 is 5.32 Å². The topological polar surface area (TPSA) is 37.8 Å². The fourth-order valence-corrected chi connectivity index (χ4v) is 3.63. The first-order valence-electron chi connectivity index (χ1n) is 6.77. The Bertz CT molecular complexity index is 571. The number of rotatable bonds is 4. The fourth-order valence-electron chi connectivity index (χ4n) is 2.25. The van der Waals surface area contributed by atoms with E-state index in [0.717, 1.165) is 17.9 Å². The van der Waals surface area contributed by atoms with Gasteiger partial charge in [0.05, 0.1) is 0 Å². The van der Waals surface area contributed by atoms with Crippen molar-refractivity contribution in [3.63, 3.8) is 0 Å². The van der Waals surface area contributed by atoms with Crippen LogP contribution in [0.2, 0.25) is 5.15 Å². The van der Waals surface area contributed by atoms with Crippen molar-refractivity contribution in [2.24, 2.45) is 0 Å². The molecule has 1 aliphatic rings. The largest absolute Gasteiger partial charge is 0.369 e. The van der Waals surface area contributed by atoms with Gasteiger partial charge in [-0.25, -0.2) is 9.97 Å². The molecule has 1 aliphatic heterocycles. The van der Waals surface area contributed by atoms with Crippen LogP contribution in [0.1, 0.15) is 12.8 Å². The minimum atomic E-state index is 0.473. The molecule has 1 atom stereocenters. The number of hydrogen-bond donors (Lipinski definition) is 1. The van der Waals surface area contributed by atoms with E-state index in [-0.39, 0.29) is 0 Å². The quantitative estimate of drug-likeness (QED) is 0.863. The van der Waals surface area contributed by atoms with E-state index in [2.05, 4.69) is 15.3 Å². The maximum absolute atomic E-state index is 6.10. The molecule has 1 unspecified atom stereocenters. The summed E-state index contributed by atoms with van der Waals surface area (Å²) < 4.78 is 0. The summed E-state index contributed by atoms with van der Waals surface area (Å²) in [5.74, 6) is 2.74. The van der Waals surface area contributed by atoms with E-state index in [4.69, 9.17) is 11.6 Å². The predicted octanol–water partition coefficient (Wildman–Crippen LogP) is 4.10. The van der Waals surface area contributed by atoms with Crippen LogP contribution in [0.3, 0.4) is 0 Å². The Morgan fingerprint density at radius 1 is 1.25 bits per heavy atom. The molecule has 0 bridgehead atoms. The van der Waals surface area contributed by atoms with Crippen LogP contribution in [0.25, 0.3) is 11.4 Å². The van der Waals surface area contributed by atoms with Gasteiger partial charge in [0.2, 0.25) is 0 Å². The highest BCUT2D eigenvalue weighted by Crippen LogP contribution is 2.26. The number of nitrogens with zero attached hydrogens (tertiary/aromatic N) is 2. The highest BCUT2D eigenvalue weighted by Gasteiger charge is 2.15. The van der Waals surface area contributed by atoms with Gasteiger partial charge >= 0.3 is 0 Å². The molecular formula is C15H16ClN3S. The highest BCUT2D eigenvalue weighted by atomic mass is 35.5. The number of anilines is 1. The normalized spacial score (nSPS) is 18.1. The third-order valence-corrected chi connectivity index (χ3v) is 4.85. The Balaban J connectivity index is 1.76. The summed E-state index contributed by atoms with van der Waals surface area (Å²) in [6.07, 6.45) is 2.60. The number of thioether (sulfide) groups is 1. The minimum Gasteiger partial charge on any atom is -0.369 e. The molecule has 3 nitrogen and oxygen atoms in total. The molecule has 0 amide bonds. The predicted molar refractivity (Wildman–Crippen MR) is 86.4 cm³/mol. The molecule has 1 aromatic carbocycles. The molecule has 1 saturated heterocycles. The van der Waals surface area contributed by atoms with Crippen molar-refractivity contribution < 1.29 is 0 Å². The standard InChI is InChI=1S/C15H16ClN3S/c16-13-9-14(17-10-12-7-4-8-20-12)19-15(18-13)11-5-2-1-3-6-11/h1-3,5-6,9,12H,4,7-8,10H2,(H,17,18,19). The van der Waals surface area contributed by atoms with E-state index < -0.39 is 0 Å². The van der Waals surface area contributed by atoms with Gasteiger partial charge in [0.25, 0.3) is 0 Å². The van der Waals surface area contributed by atoms with E-state index in [9.17, 15) is 0 Å². The Hall–Kier alpha value is -1.26. The lowest BCUT2D eigenvalue weighted by Gasteiger charge is -2.11. The molecule has 5 heteroatoms. The van der Waals surface area contributed by atoms with Gasteiger partial charge in [-0.05, 0) is 18.6 Å². The molecular weight excluding hydrogens is 290 g/mol. The van der Waals surface area contributed by atoms with E-state index in [0.29, 0.717) is 16.2 Å². The van der Waals surface area contributed by atoms with Crippen LogP contribution < -0.4 is 5.32 Å². The lowest BCUT2D eigenvalue weighted by atomic mass is 10.2. The smallest absolute Gasteiger partial charge is 0.163 e. The lowest BCUT2D eigenvalue weighted by Crippen LogP contribution is -2.14. The maximum Gasteiger partial charge on any atom is 0.163 e. The van der Waals surface area contributed by atoms with Crippen LogP contribution in [0, 0.1) is 0 Å². The van der Waals surface area contributed by atoms with Crippen molar-refractivity contribution in [2.75, 3.05) is 17.6 Å². The lowest BCUT2D eigenvalue weighted by molar-refractivity contribution is 0.803. The Labute approximate surface area is 128 Å². The van der Waals surface area contributed by atoms with Crippen LogP contribution in [0.15, 0.2) is 36.4 Å². The summed E-state index contributed by atoms with van der Waals surface area (Å²) in [5, 5.41) is 4.54. The average Bonchev–Trinajstić information content (AvgIpc) is 2.99. The molecule has 0 spiro atoms. The van der Waals surface area contributed by atoms with E-state index in [1.165, 1.54) is 18.6 Å². The Morgan fingerprint density at radius 2 is 2.10 bits per heavy atom. The van der Waals surface area contributed by atoms with Gasteiger partial charge in [-0.1, -0.05) is 41.9 Å². The second-order valence-corrected chi connectivity index (χ2v) is 6.58. The summed E-state index contributed by atoms with van der Waals surface area (Å²) >= 11 is 8.13. The molecule has 0 radical (unpaired) electrons. The van der Waals surface area contributed by atoms with Crippen molar-refractivity contribution in [1.29, 1.82) is 0 Å². The molecule has 0 saturated carbocycles. The number of halogens is 1. The number of benzene rings is 1. The first kappa shape index (κ1) is 13.7. The van der Waals surface area contributed by atoms with Gasteiger partial charge in [0, 0.05) is 23.4 Å². The van der Waals surface area contributed by atoms with Crippen molar-refractivity contribution >= 4 is 29.2 Å². The van der Waals surface area contributed by atoms with Gasteiger partial charge in [-0.3, -0.25) is 0 Å². The Kier molecular flexibility index (Phi) is 4.43. The first-order valence-corrected chi connectivity index (χ1v) is 8.19. The maximum atomic E-state index is 6.10. The van der Waals surface area contributed by atoms with Crippen LogP contribution in [0.4, 0.5) is 5.82 Å². The zero-order chi connectivity index (χ0) is 13.8.